The van der Waals surface area contributed by atoms with Gasteiger partial charge in [0, 0.05) is 6.20 Å². The largest absolute Gasteiger partial charge is 0.424 e. The standard InChI is InChI=1S/C14H10N4O/c1-9-5-11(7-15)6-10(2)13(9)19-14-17-4-3-12(8-16)18-14/h3-6H,1-2H3. The first kappa shape index (κ1) is 12.5. The molecular formula is C14H10N4O. The van der Waals surface area contributed by atoms with Crippen LogP contribution in [0, 0.1) is 36.5 Å². The van der Waals surface area contributed by atoms with Crippen molar-refractivity contribution in [3.05, 3.63) is 46.8 Å². The van der Waals surface area contributed by atoms with Crippen LogP contribution in [0.5, 0.6) is 11.8 Å². The lowest BCUT2D eigenvalue weighted by Crippen LogP contribution is -1.97. The van der Waals surface area contributed by atoms with E-state index >= 15 is 0 Å². The third-order valence-corrected chi connectivity index (χ3v) is 2.53. The molecule has 0 atom stereocenters. The topological polar surface area (TPSA) is 82.6 Å². The second kappa shape index (κ2) is 5.16. The molecule has 0 radical (unpaired) electrons. The minimum atomic E-state index is 0.120. The Morgan fingerprint density at radius 1 is 1.11 bits per heavy atom. The number of aryl methyl sites for hydroxylation is 2. The zero-order chi connectivity index (χ0) is 13.8. The summed E-state index contributed by atoms with van der Waals surface area (Å²) in [4.78, 5) is 7.91. The summed E-state index contributed by atoms with van der Waals surface area (Å²) >= 11 is 0. The van der Waals surface area contributed by atoms with Crippen LogP contribution in [0.25, 0.3) is 0 Å². The van der Waals surface area contributed by atoms with Crippen molar-refractivity contribution >= 4 is 0 Å². The van der Waals surface area contributed by atoms with E-state index in [1.54, 1.807) is 12.1 Å². The van der Waals surface area contributed by atoms with Gasteiger partial charge in [0.1, 0.15) is 17.5 Å². The Bertz CT molecular complexity index is 687. The molecule has 2 aromatic rings. The summed E-state index contributed by atoms with van der Waals surface area (Å²) < 4.78 is 5.60. The third kappa shape index (κ3) is 2.67. The Hall–Kier alpha value is -2.92. The summed E-state index contributed by atoms with van der Waals surface area (Å²) in [5.41, 5.74) is 2.47. The normalized spacial score (nSPS) is 9.47. The monoisotopic (exact) mass is 250 g/mol. The van der Waals surface area contributed by atoms with E-state index in [4.69, 9.17) is 15.3 Å². The smallest absolute Gasteiger partial charge is 0.323 e. The number of rotatable bonds is 2. The average Bonchev–Trinajstić information content (AvgIpc) is 2.42. The van der Waals surface area contributed by atoms with Crippen molar-refractivity contribution in [2.45, 2.75) is 13.8 Å². The van der Waals surface area contributed by atoms with Crippen LogP contribution in [0.3, 0.4) is 0 Å². The van der Waals surface area contributed by atoms with E-state index in [0.717, 1.165) is 11.1 Å². The molecule has 1 heterocycles. The first-order valence-electron chi connectivity index (χ1n) is 5.56. The number of hydrogen-bond donors (Lipinski definition) is 0. The second-order valence-electron chi connectivity index (χ2n) is 3.99. The van der Waals surface area contributed by atoms with Crippen LogP contribution in [0.2, 0.25) is 0 Å². The fourth-order valence-corrected chi connectivity index (χ4v) is 1.72. The maximum Gasteiger partial charge on any atom is 0.323 e. The van der Waals surface area contributed by atoms with Crippen molar-refractivity contribution in [3.63, 3.8) is 0 Å². The molecule has 0 amide bonds. The van der Waals surface area contributed by atoms with Crippen molar-refractivity contribution in [1.82, 2.24) is 9.97 Å². The number of hydrogen-bond acceptors (Lipinski definition) is 5. The van der Waals surface area contributed by atoms with E-state index in [1.165, 1.54) is 12.3 Å². The van der Waals surface area contributed by atoms with Crippen molar-refractivity contribution in [1.29, 1.82) is 10.5 Å². The highest BCUT2D eigenvalue weighted by atomic mass is 16.5. The Labute approximate surface area is 110 Å². The molecule has 1 aromatic carbocycles. The van der Waals surface area contributed by atoms with Crippen LogP contribution in [-0.4, -0.2) is 9.97 Å². The molecule has 0 spiro atoms. The Morgan fingerprint density at radius 3 is 2.37 bits per heavy atom. The van der Waals surface area contributed by atoms with Gasteiger partial charge in [0.15, 0.2) is 0 Å². The predicted octanol–water partition coefficient (Wildman–Crippen LogP) is 2.63. The highest BCUT2D eigenvalue weighted by Crippen LogP contribution is 2.27. The molecule has 0 saturated heterocycles. The Morgan fingerprint density at radius 2 is 1.79 bits per heavy atom. The molecule has 19 heavy (non-hydrogen) atoms. The summed E-state index contributed by atoms with van der Waals surface area (Å²) in [6.07, 6.45) is 1.47. The second-order valence-corrected chi connectivity index (χ2v) is 3.99. The zero-order valence-electron chi connectivity index (χ0n) is 10.5. The van der Waals surface area contributed by atoms with Gasteiger partial charge in [0.25, 0.3) is 0 Å². The molecule has 0 saturated carbocycles. The highest BCUT2D eigenvalue weighted by molar-refractivity contribution is 5.48. The molecule has 0 bridgehead atoms. The van der Waals surface area contributed by atoms with Crippen LogP contribution >= 0.6 is 0 Å². The number of benzene rings is 1. The molecule has 0 aliphatic rings. The molecule has 1 aromatic heterocycles. The molecule has 92 valence electrons. The van der Waals surface area contributed by atoms with E-state index < -0.39 is 0 Å². The third-order valence-electron chi connectivity index (χ3n) is 2.53. The summed E-state index contributed by atoms with van der Waals surface area (Å²) in [6.45, 7) is 3.69. The molecule has 0 N–H and O–H groups in total. The van der Waals surface area contributed by atoms with Crippen molar-refractivity contribution in [3.8, 4) is 23.9 Å². The Kier molecular flexibility index (Phi) is 3.40. The molecule has 0 aliphatic carbocycles. The molecular weight excluding hydrogens is 240 g/mol. The summed E-state index contributed by atoms with van der Waals surface area (Å²) in [6, 6.07) is 9.11. The summed E-state index contributed by atoms with van der Waals surface area (Å²) in [5, 5.41) is 17.7. The SMILES string of the molecule is Cc1cc(C#N)cc(C)c1Oc1nccc(C#N)n1. The lowest BCUT2D eigenvalue weighted by atomic mass is 10.1. The minimum Gasteiger partial charge on any atom is -0.424 e. The van der Waals surface area contributed by atoms with Gasteiger partial charge in [0.2, 0.25) is 0 Å². The van der Waals surface area contributed by atoms with E-state index in [1.807, 2.05) is 19.9 Å². The van der Waals surface area contributed by atoms with Crippen LogP contribution in [0.15, 0.2) is 24.4 Å². The van der Waals surface area contributed by atoms with Gasteiger partial charge in [-0.1, -0.05) is 0 Å². The van der Waals surface area contributed by atoms with E-state index in [0.29, 0.717) is 11.3 Å². The van der Waals surface area contributed by atoms with E-state index in [-0.39, 0.29) is 11.7 Å². The van der Waals surface area contributed by atoms with Crippen LogP contribution in [-0.2, 0) is 0 Å². The maximum absolute atomic E-state index is 8.88. The first-order valence-corrected chi connectivity index (χ1v) is 5.56. The van der Waals surface area contributed by atoms with Gasteiger partial charge in [-0.05, 0) is 43.2 Å². The molecule has 0 unspecified atom stereocenters. The quantitative estimate of drug-likeness (QED) is 0.818. The van der Waals surface area contributed by atoms with Gasteiger partial charge in [0.05, 0.1) is 11.6 Å². The average molecular weight is 250 g/mol. The van der Waals surface area contributed by atoms with Crippen LogP contribution in [0.4, 0.5) is 0 Å². The van der Waals surface area contributed by atoms with Crippen LogP contribution < -0.4 is 4.74 Å². The minimum absolute atomic E-state index is 0.120. The van der Waals surface area contributed by atoms with Crippen molar-refractivity contribution in [2.75, 3.05) is 0 Å². The van der Waals surface area contributed by atoms with Gasteiger partial charge in [-0.25, -0.2) is 4.98 Å². The number of nitriles is 2. The van der Waals surface area contributed by atoms with Crippen molar-refractivity contribution in [2.24, 2.45) is 0 Å². The number of nitrogens with zero attached hydrogens (tertiary/aromatic N) is 4. The van der Waals surface area contributed by atoms with E-state index in [9.17, 15) is 0 Å². The molecule has 0 aliphatic heterocycles. The fraction of sp³-hybridized carbons (Fsp3) is 0.143. The lowest BCUT2D eigenvalue weighted by Gasteiger charge is -2.10. The molecule has 0 fully saturated rings. The summed E-state index contributed by atoms with van der Waals surface area (Å²) in [7, 11) is 0. The predicted molar refractivity (Wildman–Crippen MR) is 67.5 cm³/mol. The van der Waals surface area contributed by atoms with Gasteiger partial charge < -0.3 is 4.74 Å². The summed E-state index contributed by atoms with van der Waals surface area (Å²) in [5.74, 6) is 0.606. The first-order chi connectivity index (χ1) is 9.13. The molecule has 5 nitrogen and oxygen atoms in total. The van der Waals surface area contributed by atoms with Gasteiger partial charge >= 0.3 is 6.01 Å². The van der Waals surface area contributed by atoms with E-state index in [2.05, 4.69) is 16.0 Å². The van der Waals surface area contributed by atoms with Crippen LogP contribution in [0.1, 0.15) is 22.4 Å². The van der Waals surface area contributed by atoms with Gasteiger partial charge in [-0.3, -0.25) is 0 Å². The number of ether oxygens (including phenoxy) is 1. The maximum atomic E-state index is 8.88. The fourth-order valence-electron chi connectivity index (χ4n) is 1.72. The lowest BCUT2D eigenvalue weighted by molar-refractivity contribution is 0.435. The number of aromatic nitrogens is 2. The molecule has 2 rings (SSSR count). The molecule has 5 heteroatoms. The van der Waals surface area contributed by atoms with Crippen molar-refractivity contribution < 1.29 is 4.74 Å². The zero-order valence-corrected chi connectivity index (χ0v) is 10.5. The highest BCUT2D eigenvalue weighted by Gasteiger charge is 2.09. The Balaban J connectivity index is 2.39. The van der Waals surface area contributed by atoms with Gasteiger partial charge in [-0.15, -0.1) is 0 Å². The van der Waals surface area contributed by atoms with Gasteiger partial charge in [-0.2, -0.15) is 15.5 Å².